The first-order valence-corrected chi connectivity index (χ1v) is 13.3. The van der Waals surface area contributed by atoms with Crippen molar-refractivity contribution in [1.29, 1.82) is 0 Å². The van der Waals surface area contributed by atoms with Crippen LogP contribution in [0.5, 0.6) is 17.4 Å². The average molecular weight is 490 g/mol. The fraction of sp³-hybridized carbons (Fsp3) is 0.516. The van der Waals surface area contributed by atoms with Crippen molar-refractivity contribution in [3.8, 4) is 28.6 Å². The van der Waals surface area contributed by atoms with Crippen LogP contribution in [0.3, 0.4) is 0 Å². The number of aromatic amines is 1. The van der Waals surface area contributed by atoms with Gasteiger partial charge in [-0.05, 0) is 73.6 Å². The van der Waals surface area contributed by atoms with E-state index in [-0.39, 0.29) is 17.2 Å². The Morgan fingerprint density at radius 1 is 1.08 bits per heavy atom. The van der Waals surface area contributed by atoms with Gasteiger partial charge in [0.1, 0.15) is 22.9 Å². The van der Waals surface area contributed by atoms with Gasteiger partial charge in [0.2, 0.25) is 0 Å². The molecule has 2 saturated carbocycles. The molecule has 36 heavy (non-hydrogen) atoms. The van der Waals surface area contributed by atoms with Crippen molar-refractivity contribution in [2.45, 2.75) is 72.3 Å². The number of aromatic hydroxyl groups is 1. The number of carbonyl (C=O) groups is 1. The number of hydrogen-bond donors (Lipinski definition) is 2. The molecule has 1 aromatic heterocycles. The van der Waals surface area contributed by atoms with Crippen molar-refractivity contribution in [2.24, 2.45) is 22.7 Å². The van der Waals surface area contributed by atoms with Crippen LogP contribution in [-0.4, -0.2) is 28.6 Å². The third-order valence-electron chi connectivity index (χ3n) is 10.00. The topological polar surface area (TPSA) is 71.5 Å². The highest BCUT2D eigenvalue weighted by molar-refractivity contribution is 6.03. The summed E-state index contributed by atoms with van der Waals surface area (Å²) in [7, 11) is 1.65. The second kappa shape index (κ2) is 8.57. The van der Waals surface area contributed by atoms with Crippen molar-refractivity contribution in [3.63, 3.8) is 0 Å². The molecule has 0 aliphatic heterocycles. The predicted molar refractivity (Wildman–Crippen MR) is 144 cm³/mol. The standard InChI is InChI=1S/C31H39NO4/c1-7-30(5)19(2)11-16-24-29(3,4)25(33)17-18-31(24,30)36-23-10-8-9-22-26(23)27(32-28(22)34)20-12-14-21(35-6)15-13-20/h8-10,12-15,19,24,32,34H,7,11,16-18H2,1-6H3. The van der Waals surface area contributed by atoms with E-state index in [2.05, 4.69) is 39.6 Å². The van der Waals surface area contributed by atoms with E-state index in [4.69, 9.17) is 9.47 Å². The number of ether oxygens (including phenoxy) is 2. The molecule has 0 amide bonds. The maximum Gasteiger partial charge on any atom is 0.197 e. The molecular weight excluding hydrogens is 450 g/mol. The van der Waals surface area contributed by atoms with Gasteiger partial charge in [-0.25, -0.2) is 0 Å². The Hall–Kier alpha value is -2.95. The first-order valence-electron chi connectivity index (χ1n) is 13.3. The van der Waals surface area contributed by atoms with Gasteiger partial charge in [0, 0.05) is 28.6 Å². The van der Waals surface area contributed by atoms with Crippen LogP contribution in [0.1, 0.15) is 66.7 Å². The van der Waals surface area contributed by atoms with Crippen LogP contribution in [0.4, 0.5) is 0 Å². The summed E-state index contributed by atoms with van der Waals surface area (Å²) < 4.78 is 12.7. The summed E-state index contributed by atoms with van der Waals surface area (Å²) in [6.07, 6.45) is 4.32. The largest absolute Gasteiger partial charge is 0.497 e. The monoisotopic (exact) mass is 489 g/mol. The lowest BCUT2D eigenvalue weighted by atomic mass is 9.45. The molecule has 2 fully saturated rings. The maximum atomic E-state index is 13.1. The smallest absolute Gasteiger partial charge is 0.197 e. The first-order chi connectivity index (χ1) is 17.1. The highest BCUT2D eigenvalue weighted by atomic mass is 16.5. The maximum absolute atomic E-state index is 13.1. The summed E-state index contributed by atoms with van der Waals surface area (Å²) in [4.78, 5) is 16.4. The minimum Gasteiger partial charge on any atom is -0.497 e. The Labute approximate surface area is 214 Å². The molecule has 3 aromatic rings. The molecule has 0 radical (unpaired) electrons. The zero-order valence-electron chi connectivity index (χ0n) is 22.4. The second-order valence-corrected chi connectivity index (χ2v) is 11.7. The Morgan fingerprint density at radius 3 is 2.47 bits per heavy atom. The van der Waals surface area contributed by atoms with Crippen LogP contribution >= 0.6 is 0 Å². The lowest BCUT2D eigenvalue weighted by molar-refractivity contribution is -0.202. The van der Waals surface area contributed by atoms with Gasteiger partial charge in [-0.2, -0.15) is 0 Å². The van der Waals surface area contributed by atoms with Crippen molar-refractivity contribution < 1.29 is 19.4 Å². The summed E-state index contributed by atoms with van der Waals surface area (Å²) in [6, 6.07) is 13.7. The predicted octanol–water partition coefficient (Wildman–Crippen LogP) is 7.52. The number of Topliss-reactive ketones (excluding diaryl/α,β-unsaturated/α-hetero) is 1. The highest BCUT2D eigenvalue weighted by Crippen LogP contribution is 2.63. The zero-order chi connectivity index (χ0) is 25.9. The SMILES string of the molecule is CCC1(C)C(C)CCC2C(C)(C)C(=O)CCC21Oc1cccc2c(O)[nH]c(-c3ccc(OC)cc3)c12. The second-order valence-electron chi connectivity index (χ2n) is 11.7. The van der Waals surface area contributed by atoms with Gasteiger partial charge in [-0.3, -0.25) is 4.79 Å². The van der Waals surface area contributed by atoms with Crippen molar-refractivity contribution in [2.75, 3.05) is 7.11 Å². The number of ketones is 1. The van der Waals surface area contributed by atoms with Gasteiger partial charge in [-0.1, -0.05) is 40.7 Å². The minimum atomic E-state index is -0.477. The average Bonchev–Trinajstić information content (AvgIpc) is 3.22. The van der Waals surface area contributed by atoms with Crippen LogP contribution in [0.25, 0.3) is 22.0 Å². The number of benzene rings is 2. The van der Waals surface area contributed by atoms with Gasteiger partial charge < -0.3 is 19.6 Å². The van der Waals surface area contributed by atoms with Crippen LogP contribution in [0.15, 0.2) is 42.5 Å². The van der Waals surface area contributed by atoms with E-state index in [1.807, 2.05) is 42.5 Å². The van der Waals surface area contributed by atoms with E-state index >= 15 is 0 Å². The van der Waals surface area contributed by atoms with E-state index in [0.717, 1.165) is 59.2 Å². The van der Waals surface area contributed by atoms with E-state index in [1.54, 1.807) is 7.11 Å². The molecule has 0 bridgehead atoms. The first kappa shape index (κ1) is 24.7. The molecule has 2 aliphatic carbocycles. The minimum absolute atomic E-state index is 0.0886. The fourth-order valence-electron chi connectivity index (χ4n) is 7.38. The Kier molecular flexibility index (Phi) is 5.89. The summed E-state index contributed by atoms with van der Waals surface area (Å²) in [5.74, 6) is 2.61. The van der Waals surface area contributed by atoms with Crippen molar-refractivity contribution in [1.82, 2.24) is 4.98 Å². The molecule has 4 atom stereocenters. The summed E-state index contributed by atoms with van der Waals surface area (Å²) >= 11 is 0. The molecular formula is C31H39NO4. The van der Waals surface area contributed by atoms with E-state index in [1.165, 1.54) is 0 Å². The normalized spacial score (nSPS) is 29.7. The molecule has 5 heteroatoms. The molecule has 1 heterocycles. The number of carbonyl (C=O) groups excluding carboxylic acids is 1. The van der Waals surface area contributed by atoms with Gasteiger partial charge in [-0.15, -0.1) is 0 Å². The van der Waals surface area contributed by atoms with Crippen molar-refractivity contribution in [3.05, 3.63) is 42.5 Å². The van der Waals surface area contributed by atoms with E-state index in [9.17, 15) is 9.90 Å². The molecule has 2 aliphatic rings. The Balaban J connectivity index is 1.71. The number of rotatable bonds is 5. The zero-order valence-corrected chi connectivity index (χ0v) is 22.4. The number of aromatic nitrogens is 1. The van der Waals surface area contributed by atoms with Crippen LogP contribution in [0.2, 0.25) is 0 Å². The number of H-pyrrole nitrogens is 1. The summed E-state index contributed by atoms with van der Waals surface area (Å²) in [6.45, 7) is 11.2. The lowest BCUT2D eigenvalue weighted by Crippen LogP contribution is -2.67. The van der Waals surface area contributed by atoms with Crippen LogP contribution in [-0.2, 0) is 4.79 Å². The number of nitrogens with one attached hydrogen (secondary N) is 1. The van der Waals surface area contributed by atoms with Crippen LogP contribution in [0, 0.1) is 22.7 Å². The number of fused-ring (bicyclic) bond motifs is 2. The third kappa shape index (κ3) is 3.38. The Bertz CT molecular complexity index is 1290. The highest BCUT2D eigenvalue weighted by Gasteiger charge is 2.65. The Morgan fingerprint density at radius 2 is 1.81 bits per heavy atom. The van der Waals surface area contributed by atoms with Crippen LogP contribution < -0.4 is 9.47 Å². The van der Waals surface area contributed by atoms with Crippen molar-refractivity contribution >= 4 is 16.6 Å². The third-order valence-corrected chi connectivity index (χ3v) is 10.00. The number of methoxy groups -OCH3 is 1. The fourth-order valence-corrected chi connectivity index (χ4v) is 7.38. The lowest BCUT2D eigenvalue weighted by Gasteiger charge is -2.63. The molecule has 2 N–H and O–H groups in total. The van der Waals surface area contributed by atoms with E-state index in [0.29, 0.717) is 18.1 Å². The van der Waals surface area contributed by atoms with E-state index < -0.39 is 11.0 Å². The summed E-state index contributed by atoms with van der Waals surface area (Å²) in [5.41, 5.74) is 0.758. The molecule has 0 spiro atoms. The summed E-state index contributed by atoms with van der Waals surface area (Å²) in [5, 5.41) is 12.5. The molecule has 5 nitrogen and oxygen atoms in total. The molecule has 0 saturated heterocycles. The van der Waals surface area contributed by atoms with Gasteiger partial charge in [0.25, 0.3) is 0 Å². The molecule has 192 valence electrons. The molecule has 5 rings (SSSR count). The molecule has 4 unspecified atom stereocenters. The molecule has 2 aromatic carbocycles. The number of hydrogen-bond acceptors (Lipinski definition) is 4. The van der Waals surface area contributed by atoms with Gasteiger partial charge in [0.05, 0.1) is 18.2 Å². The van der Waals surface area contributed by atoms with Gasteiger partial charge >= 0.3 is 0 Å². The quantitative estimate of drug-likeness (QED) is 0.389. The van der Waals surface area contributed by atoms with Gasteiger partial charge in [0.15, 0.2) is 5.88 Å².